The first-order valence-electron chi connectivity index (χ1n) is 9.73. The Balaban J connectivity index is 0.00000204. The van der Waals surface area contributed by atoms with Crippen LogP contribution in [0.5, 0.6) is 0 Å². The fraction of sp³-hybridized carbons (Fsp3) is 0.250. The van der Waals surface area contributed by atoms with Gasteiger partial charge in [-0.2, -0.15) is 0 Å². The van der Waals surface area contributed by atoms with Crippen LogP contribution >= 0.6 is 12.6 Å². The normalized spacial score (nSPS) is 12.6. The molecule has 0 aliphatic heterocycles. The fourth-order valence-corrected chi connectivity index (χ4v) is 3.16. The lowest BCUT2D eigenvalue weighted by Gasteiger charge is -2.18. The fourth-order valence-electron chi connectivity index (χ4n) is 2.87. The molecule has 0 aliphatic carbocycles. The van der Waals surface area contributed by atoms with E-state index < -0.39 is 6.10 Å². The maximum absolute atomic E-state index is 10.6. The van der Waals surface area contributed by atoms with E-state index in [9.17, 15) is 5.11 Å². The van der Waals surface area contributed by atoms with Gasteiger partial charge in [0.25, 0.3) is 0 Å². The highest BCUT2D eigenvalue weighted by Gasteiger charge is 2.14. The number of rotatable bonds is 9. The third-order valence-electron chi connectivity index (χ3n) is 4.12. The monoisotopic (exact) mass is 411 g/mol. The van der Waals surface area contributed by atoms with Gasteiger partial charge in [-0.15, -0.1) is 12.6 Å². The molecule has 0 spiro atoms. The van der Waals surface area contributed by atoms with Gasteiger partial charge in [-0.05, 0) is 42.2 Å². The lowest BCUT2D eigenvalue weighted by molar-refractivity contribution is 0.226. The second-order valence-electron chi connectivity index (χ2n) is 6.31. The molecule has 0 amide bonds. The van der Waals surface area contributed by atoms with E-state index in [0.717, 1.165) is 40.3 Å². The SMILES string of the molecule is C=C/C=C(\S)CC(O)/C=C(\c1ccccc1N)c1ccccc1NCCC.CN. The zero-order chi connectivity index (χ0) is 21.6. The van der Waals surface area contributed by atoms with Gasteiger partial charge in [0.1, 0.15) is 0 Å². The Hall–Kier alpha value is -2.47. The molecule has 0 radical (unpaired) electrons. The largest absolute Gasteiger partial charge is 0.398 e. The molecule has 0 aliphatic rings. The first-order chi connectivity index (χ1) is 14.1. The Kier molecular flexibility index (Phi) is 11.6. The summed E-state index contributed by atoms with van der Waals surface area (Å²) in [6.07, 6.45) is 6.05. The number of para-hydroxylation sites is 2. The van der Waals surface area contributed by atoms with Crippen molar-refractivity contribution in [3.63, 3.8) is 0 Å². The quantitative estimate of drug-likeness (QED) is 0.232. The summed E-state index contributed by atoms with van der Waals surface area (Å²) in [7, 11) is 1.50. The molecule has 2 aromatic rings. The van der Waals surface area contributed by atoms with Crippen LogP contribution < -0.4 is 16.8 Å². The minimum Gasteiger partial charge on any atom is -0.398 e. The molecular formula is C24H33N3OS. The van der Waals surface area contributed by atoms with E-state index in [2.05, 4.69) is 37.2 Å². The third kappa shape index (κ3) is 7.81. The lowest BCUT2D eigenvalue weighted by Crippen LogP contribution is -2.08. The molecule has 0 saturated carbocycles. The summed E-state index contributed by atoms with van der Waals surface area (Å²) < 4.78 is 0. The predicted molar refractivity (Wildman–Crippen MR) is 131 cm³/mol. The molecule has 0 bridgehead atoms. The van der Waals surface area contributed by atoms with Crippen LogP contribution in [-0.4, -0.2) is 24.8 Å². The van der Waals surface area contributed by atoms with Crippen molar-refractivity contribution < 1.29 is 5.11 Å². The summed E-state index contributed by atoms with van der Waals surface area (Å²) >= 11 is 4.40. The van der Waals surface area contributed by atoms with Crippen molar-refractivity contribution in [1.29, 1.82) is 0 Å². The molecule has 5 heteroatoms. The molecule has 2 rings (SSSR count). The molecule has 2 aromatic carbocycles. The Labute approximate surface area is 180 Å². The summed E-state index contributed by atoms with van der Waals surface area (Å²) in [5.74, 6) is 0. The molecule has 29 heavy (non-hydrogen) atoms. The molecular weight excluding hydrogens is 378 g/mol. The van der Waals surface area contributed by atoms with Crippen LogP contribution in [0, 0.1) is 0 Å². The highest BCUT2D eigenvalue weighted by Crippen LogP contribution is 2.33. The molecule has 0 fully saturated rings. The second-order valence-corrected chi connectivity index (χ2v) is 6.88. The van der Waals surface area contributed by atoms with Crippen LogP contribution in [0.3, 0.4) is 0 Å². The number of aliphatic hydroxyl groups is 1. The van der Waals surface area contributed by atoms with E-state index in [-0.39, 0.29) is 0 Å². The van der Waals surface area contributed by atoms with Crippen LogP contribution in [0.1, 0.15) is 30.9 Å². The predicted octanol–water partition coefficient (Wildman–Crippen LogP) is 4.85. The number of nitrogens with one attached hydrogen (secondary N) is 1. The summed E-state index contributed by atoms with van der Waals surface area (Å²) in [6, 6.07) is 15.8. The van der Waals surface area contributed by atoms with Crippen LogP contribution in [0.15, 0.2) is 78.2 Å². The molecule has 0 saturated heterocycles. The molecule has 4 nitrogen and oxygen atoms in total. The number of benzene rings is 2. The van der Waals surface area contributed by atoms with Crippen LogP contribution in [0.4, 0.5) is 11.4 Å². The van der Waals surface area contributed by atoms with Crippen LogP contribution in [-0.2, 0) is 0 Å². The van der Waals surface area contributed by atoms with E-state index in [1.807, 2.05) is 54.6 Å². The van der Waals surface area contributed by atoms with E-state index >= 15 is 0 Å². The summed E-state index contributed by atoms with van der Waals surface area (Å²) in [4.78, 5) is 0.770. The average molecular weight is 412 g/mol. The van der Waals surface area contributed by atoms with E-state index in [4.69, 9.17) is 5.73 Å². The van der Waals surface area contributed by atoms with Gasteiger partial charge in [-0.1, -0.05) is 62.1 Å². The van der Waals surface area contributed by atoms with Gasteiger partial charge in [0.05, 0.1) is 6.10 Å². The number of allylic oxidation sites excluding steroid dienone is 2. The van der Waals surface area contributed by atoms with Gasteiger partial charge < -0.3 is 21.9 Å². The number of thiol groups is 1. The van der Waals surface area contributed by atoms with Crippen LogP contribution in [0.2, 0.25) is 0 Å². The number of nitrogen functional groups attached to an aromatic ring is 1. The van der Waals surface area contributed by atoms with Gasteiger partial charge in [0, 0.05) is 35.5 Å². The highest BCUT2D eigenvalue weighted by atomic mass is 32.1. The third-order valence-corrected chi connectivity index (χ3v) is 4.45. The van der Waals surface area contributed by atoms with Crippen molar-refractivity contribution in [1.82, 2.24) is 0 Å². The minimum absolute atomic E-state index is 0.413. The standard InChI is InChI=1S/C23H28N2OS.CH5N/c1-3-9-18(27)15-17(26)16-21(19-10-5-7-12-22(19)24)20-11-6-8-13-23(20)25-14-4-2;1-2/h3,5-13,16-17,25-27H,1,4,14-15,24H2,2H3;2H2,1H3/b18-9-,21-16+;. The second kappa shape index (κ2) is 13.7. The smallest absolute Gasteiger partial charge is 0.0775 e. The van der Waals surface area contributed by atoms with Gasteiger partial charge in [-0.3, -0.25) is 0 Å². The minimum atomic E-state index is -0.692. The Morgan fingerprint density at radius 1 is 1.14 bits per heavy atom. The highest BCUT2D eigenvalue weighted by molar-refractivity contribution is 7.84. The number of anilines is 2. The summed E-state index contributed by atoms with van der Waals surface area (Å²) in [6.45, 7) is 6.67. The Bertz CT molecular complexity index is 830. The van der Waals surface area contributed by atoms with Gasteiger partial charge in [0.2, 0.25) is 0 Å². The van der Waals surface area contributed by atoms with Crippen LogP contribution in [0.25, 0.3) is 5.57 Å². The van der Waals surface area contributed by atoms with Crippen molar-refractivity contribution in [2.75, 3.05) is 24.6 Å². The first kappa shape index (κ1) is 24.6. The molecule has 156 valence electrons. The maximum atomic E-state index is 10.6. The van der Waals surface area contributed by atoms with E-state index in [1.54, 1.807) is 12.2 Å². The average Bonchev–Trinajstić information content (AvgIpc) is 2.73. The lowest BCUT2D eigenvalue weighted by atomic mass is 9.93. The summed E-state index contributed by atoms with van der Waals surface area (Å²) in [5, 5.41) is 14.1. The zero-order valence-corrected chi connectivity index (χ0v) is 18.2. The Morgan fingerprint density at radius 3 is 2.38 bits per heavy atom. The van der Waals surface area contributed by atoms with Gasteiger partial charge in [0.15, 0.2) is 0 Å². The number of hydrogen-bond acceptors (Lipinski definition) is 5. The van der Waals surface area contributed by atoms with Crippen molar-refractivity contribution in [3.05, 3.63) is 89.4 Å². The molecule has 1 atom stereocenters. The maximum Gasteiger partial charge on any atom is 0.0775 e. The molecule has 0 heterocycles. The zero-order valence-electron chi connectivity index (χ0n) is 17.3. The van der Waals surface area contributed by atoms with E-state index in [0.29, 0.717) is 12.1 Å². The first-order valence-corrected chi connectivity index (χ1v) is 10.2. The van der Waals surface area contributed by atoms with Crippen molar-refractivity contribution in [2.24, 2.45) is 5.73 Å². The van der Waals surface area contributed by atoms with Gasteiger partial charge >= 0.3 is 0 Å². The summed E-state index contributed by atoms with van der Waals surface area (Å²) in [5.41, 5.74) is 15.3. The molecule has 1 unspecified atom stereocenters. The molecule has 0 aromatic heterocycles. The van der Waals surface area contributed by atoms with Crippen molar-refractivity contribution in [3.8, 4) is 0 Å². The van der Waals surface area contributed by atoms with Crippen molar-refractivity contribution in [2.45, 2.75) is 25.9 Å². The van der Waals surface area contributed by atoms with Crippen molar-refractivity contribution >= 4 is 29.6 Å². The number of nitrogens with two attached hydrogens (primary N) is 2. The van der Waals surface area contributed by atoms with Gasteiger partial charge in [-0.25, -0.2) is 0 Å². The number of hydrogen-bond donors (Lipinski definition) is 5. The topological polar surface area (TPSA) is 84.3 Å². The van der Waals surface area contributed by atoms with E-state index in [1.165, 1.54) is 7.05 Å². The molecule has 6 N–H and O–H groups in total. The number of aliphatic hydroxyl groups excluding tert-OH is 1. The Morgan fingerprint density at radius 2 is 1.76 bits per heavy atom.